The van der Waals surface area contributed by atoms with E-state index in [1.807, 2.05) is 43.9 Å². The molecule has 3 aromatic rings. The maximum Gasteiger partial charge on any atom is 0.328 e. The fraction of sp³-hybridized carbons (Fsp3) is 0.400. The normalized spacial score (nSPS) is 20.8. The fourth-order valence-corrected chi connectivity index (χ4v) is 6.75. The first kappa shape index (κ1) is 30.3. The second kappa shape index (κ2) is 12.6. The predicted molar refractivity (Wildman–Crippen MR) is 166 cm³/mol. The zero-order valence-electron chi connectivity index (χ0n) is 25.7. The lowest BCUT2D eigenvalue weighted by Gasteiger charge is -2.43. The molecule has 2 heterocycles. The van der Waals surface area contributed by atoms with E-state index in [-0.39, 0.29) is 29.9 Å². The van der Waals surface area contributed by atoms with Gasteiger partial charge in [-0.1, -0.05) is 105 Å². The number of benzene rings is 3. The predicted octanol–water partition coefficient (Wildman–Crippen LogP) is 4.44. The molecule has 0 N–H and O–H groups in total. The summed E-state index contributed by atoms with van der Waals surface area (Å²) in [5, 5.41) is 0. The molecule has 226 valence electrons. The summed E-state index contributed by atoms with van der Waals surface area (Å²) < 4.78 is 4.96. The number of amides is 3. The van der Waals surface area contributed by atoms with E-state index in [1.54, 1.807) is 11.9 Å². The van der Waals surface area contributed by atoms with Gasteiger partial charge in [0.05, 0.1) is 12.6 Å². The summed E-state index contributed by atoms with van der Waals surface area (Å²) in [6, 6.07) is 29.8. The molecule has 5 rings (SSSR count). The number of hydrogen-bond acceptors (Lipinski definition) is 5. The molecule has 0 aromatic heterocycles. The Balaban J connectivity index is 1.38. The topological polar surface area (TPSA) is 73.2 Å². The summed E-state index contributed by atoms with van der Waals surface area (Å²) in [6.07, 6.45) is 0. The number of rotatable bonds is 8. The van der Waals surface area contributed by atoms with Crippen LogP contribution in [0.25, 0.3) is 0 Å². The summed E-state index contributed by atoms with van der Waals surface area (Å²) in [5.41, 5.74) is 2.70. The minimum Gasteiger partial charge on any atom is -0.467 e. The van der Waals surface area contributed by atoms with Crippen LogP contribution >= 0.6 is 0 Å². The smallest absolute Gasteiger partial charge is 0.328 e. The van der Waals surface area contributed by atoms with Crippen molar-refractivity contribution in [2.75, 3.05) is 40.3 Å². The number of urea groups is 1. The third-order valence-electron chi connectivity index (χ3n) is 8.88. The summed E-state index contributed by atoms with van der Waals surface area (Å²) in [5.74, 6) is -0.448. The highest BCUT2D eigenvalue weighted by molar-refractivity contribution is 5.87. The minimum atomic E-state index is -0.672. The Morgan fingerprint density at radius 3 is 1.72 bits per heavy atom. The zero-order chi connectivity index (χ0) is 30.7. The third kappa shape index (κ3) is 5.64. The third-order valence-corrected chi connectivity index (χ3v) is 8.88. The van der Waals surface area contributed by atoms with Crippen LogP contribution in [-0.2, 0) is 19.9 Å². The van der Waals surface area contributed by atoms with Crippen LogP contribution < -0.4 is 0 Å². The number of esters is 1. The van der Waals surface area contributed by atoms with Crippen molar-refractivity contribution in [3.63, 3.8) is 0 Å². The second-order valence-electron chi connectivity index (χ2n) is 11.9. The van der Waals surface area contributed by atoms with Gasteiger partial charge in [-0.25, -0.2) is 9.59 Å². The first-order valence-electron chi connectivity index (χ1n) is 15.0. The molecule has 0 saturated carbocycles. The summed E-state index contributed by atoms with van der Waals surface area (Å²) >= 11 is 0. The quantitative estimate of drug-likeness (QED) is 0.223. The van der Waals surface area contributed by atoms with Gasteiger partial charge in [-0.2, -0.15) is 0 Å². The van der Waals surface area contributed by atoms with Crippen molar-refractivity contribution in [1.82, 2.24) is 19.6 Å². The number of carbonyl (C=O) groups excluding carboxylic acids is 3. The van der Waals surface area contributed by atoms with Gasteiger partial charge >= 0.3 is 12.0 Å². The SMILES string of the molecule is COC(=O)C(C(C)C)N(C)C(=O)N1CCN(C(=O)C2C[N@]2C(c2ccccc2)(c2ccccc2)c2ccccc2)[C@@H](C)C1. The summed E-state index contributed by atoms with van der Waals surface area (Å²) in [6.45, 7) is 7.64. The molecular formula is C35H42N4O4. The van der Waals surface area contributed by atoms with Crippen LogP contribution in [0.2, 0.25) is 0 Å². The van der Waals surface area contributed by atoms with E-state index in [0.29, 0.717) is 26.2 Å². The zero-order valence-corrected chi connectivity index (χ0v) is 25.7. The van der Waals surface area contributed by atoms with E-state index in [4.69, 9.17) is 4.74 Å². The van der Waals surface area contributed by atoms with Crippen molar-refractivity contribution in [3.05, 3.63) is 108 Å². The summed E-state index contributed by atoms with van der Waals surface area (Å²) in [4.78, 5) is 47.4. The molecule has 4 atom stereocenters. The summed E-state index contributed by atoms with van der Waals surface area (Å²) in [7, 11) is 2.98. The van der Waals surface area contributed by atoms with Crippen LogP contribution in [-0.4, -0.2) is 96.0 Å². The highest BCUT2D eigenvalue weighted by atomic mass is 16.5. The van der Waals surface area contributed by atoms with Gasteiger partial charge in [-0.15, -0.1) is 0 Å². The lowest BCUT2D eigenvalue weighted by Crippen LogP contribution is -2.60. The molecule has 8 nitrogen and oxygen atoms in total. The molecule has 43 heavy (non-hydrogen) atoms. The number of nitrogens with zero attached hydrogens (tertiary/aromatic N) is 4. The van der Waals surface area contributed by atoms with Gasteiger partial charge in [-0.05, 0) is 29.5 Å². The van der Waals surface area contributed by atoms with E-state index in [0.717, 1.165) is 16.7 Å². The number of carbonyl (C=O) groups is 3. The van der Waals surface area contributed by atoms with Crippen LogP contribution in [0.4, 0.5) is 4.79 Å². The van der Waals surface area contributed by atoms with Crippen LogP contribution in [0, 0.1) is 5.92 Å². The molecule has 0 spiro atoms. The molecule has 2 saturated heterocycles. The van der Waals surface area contributed by atoms with Crippen LogP contribution in [0.5, 0.6) is 0 Å². The average Bonchev–Trinajstić information content (AvgIpc) is 3.83. The number of likely N-dealkylation sites (N-methyl/N-ethyl adjacent to an activating group) is 1. The van der Waals surface area contributed by atoms with Crippen LogP contribution in [0.15, 0.2) is 91.0 Å². The maximum absolute atomic E-state index is 14.2. The Morgan fingerprint density at radius 2 is 1.30 bits per heavy atom. The number of methoxy groups -OCH3 is 1. The molecule has 3 aromatic carbocycles. The first-order valence-corrected chi connectivity index (χ1v) is 15.0. The van der Waals surface area contributed by atoms with Crippen molar-refractivity contribution in [3.8, 4) is 0 Å². The monoisotopic (exact) mass is 582 g/mol. The molecule has 2 aliphatic heterocycles. The molecule has 8 heteroatoms. The van der Waals surface area contributed by atoms with E-state index in [2.05, 4.69) is 77.7 Å². The molecule has 2 aliphatic rings. The van der Waals surface area contributed by atoms with Crippen molar-refractivity contribution in [2.45, 2.75) is 44.4 Å². The van der Waals surface area contributed by atoms with Gasteiger partial charge in [0.15, 0.2) is 0 Å². The maximum atomic E-state index is 14.2. The number of hydrogen-bond donors (Lipinski definition) is 0. The molecule has 0 bridgehead atoms. The van der Waals surface area contributed by atoms with E-state index >= 15 is 0 Å². The molecule has 0 radical (unpaired) electrons. The number of ether oxygens (including phenoxy) is 1. The van der Waals surface area contributed by atoms with Gasteiger partial charge in [0.25, 0.3) is 0 Å². The van der Waals surface area contributed by atoms with Crippen molar-refractivity contribution >= 4 is 17.9 Å². The highest BCUT2D eigenvalue weighted by Gasteiger charge is 2.57. The minimum absolute atomic E-state index is 0.0785. The van der Waals surface area contributed by atoms with Crippen molar-refractivity contribution in [2.24, 2.45) is 5.92 Å². The Kier molecular flexibility index (Phi) is 8.87. The van der Waals surface area contributed by atoms with Gasteiger partial charge in [0.1, 0.15) is 12.1 Å². The Bertz CT molecular complexity index is 1320. The van der Waals surface area contributed by atoms with Gasteiger partial charge in [0.2, 0.25) is 5.91 Å². The fourth-order valence-electron chi connectivity index (χ4n) is 6.75. The first-order chi connectivity index (χ1) is 20.7. The van der Waals surface area contributed by atoms with E-state index in [9.17, 15) is 14.4 Å². The standard InChI is InChI=1S/C35H42N4O4/c1-25(2)31(33(41)43-5)36(4)34(42)37-21-22-38(26(3)23-37)32(40)30-24-39(30)35(27-15-9-6-10-16-27,28-17-11-7-12-18-28)29-19-13-8-14-20-29/h6-20,25-26,30-31H,21-24H2,1-5H3/t26-,30?,31?,39-/m0/s1. The number of piperazine rings is 1. The molecule has 0 aliphatic carbocycles. The highest BCUT2D eigenvalue weighted by Crippen LogP contribution is 2.48. The van der Waals surface area contributed by atoms with Crippen LogP contribution in [0.3, 0.4) is 0 Å². The van der Waals surface area contributed by atoms with E-state index in [1.165, 1.54) is 12.0 Å². The van der Waals surface area contributed by atoms with Gasteiger partial charge in [-0.3, -0.25) is 9.69 Å². The second-order valence-corrected chi connectivity index (χ2v) is 11.9. The lowest BCUT2D eigenvalue weighted by atomic mass is 9.76. The molecule has 3 amide bonds. The largest absolute Gasteiger partial charge is 0.467 e. The molecule has 2 unspecified atom stereocenters. The Hall–Kier alpha value is -4.17. The Labute approximate surface area is 254 Å². The van der Waals surface area contributed by atoms with Crippen LogP contribution in [0.1, 0.15) is 37.5 Å². The van der Waals surface area contributed by atoms with Crippen molar-refractivity contribution in [1.29, 1.82) is 0 Å². The Morgan fingerprint density at radius 1 is 0.814 bits per heavy atom. The van der Waals surface area contributed by atoms with Gasteiger partial charge in [0, 0.05) is 39.3 Å². The molecular weight excluding hydrogens is 540 g/mol. The molecule has 2 fully saturated rings. The average molecular weight is 583 g/mol. The lowest BCUT2D eigenvalue weighted by molar-refractivity contribution is -0.147. The van der Waals surface area contributed by atoms with Gasteiger partial charge < -0.3 is 19.4 Å². The van der Waals surface area contributed by atoms with Crippen molar-refractivity contribution < 1.29 is 19.1 Å². The van der Waals surface area contributed by atoms with E-state index < -0.39 is 17.6 Å².